The molecule has 6 nitrogen and oxygen atoms in total. The van der Waals surface area contributed by atoms with Crippen molar-refractivity contribution in [2.75, 3.05) is 6.61 Å². The van der Waals surface area contributed by atoms with Gasteiger partial charge in [-0.15, -0.1) is 0 Å². The second-order valence-electron chi connectivity index (χ2n) is 4.54. The van der Waals surface area contributed by atoms with E-state index in [0.717, 1.165) is 5.56 Å². The van der Waals surface area contributed by atoms with Gasteiger partial charge in [0.1, 0.15) is 4.90 Å². The number of aryl methyl sites for hydroxylation is 1. The first kappa shape index (κ1) is 14.7. The first-order chi connectivity index (χ1) is 9.51. The third-order valence-electron chi connectivity index (χ3n) is 2.86. The van der Waals surface area contributed by atoms with Crippen LogP contribution < -0.4 is 4.72 Å². The summed E-state index contributed by atoms with van der Waals surface area (Å²) in [6.45, 7) is -0.269. The molecule has 20 heavy (non-hydrogen) atoms. The summed E-state index contributed by atoms with van der Waals surface area (Å²) in [5.74, 6) is 0. The number of aliphatic hydroxyl groups excluding tert-OH is 1. The molecule has 0 spiro atoms. The predicted octanol–water partition coefficient (Wildman–Crippen LogP) is 0.302. The monoisotopic (exact) mass is 295 g/mol. The lowest BCUT2D eigenvalue weighted by atomic mass is 10.1. The van der Waals surface area contributed by atoms with Gasteiger partial charge >= 0.3 is 0 Å². The molecule has 1 aromatic carbocycles. The number of rotatable bonds is 6. The molecule has 1 aromatic heterocycles. The number of hydrogen-bond donors (Lipinski definition) is 2. The second-order valence-corrected chi connectivity index (χ2v) is 6.25. The van der Waals surface area contributed by atoms with Crippen LogP contribution in [0.1, 0.15) is 5.56 Å². The maximum Gasteiger partial charge on any atom is 0.244 e. The summed E-state index contributed by atoms with van der Waals surface area (Å²) < 4.78 is 28.2. The molecule has 0 radical (unpaired) electrons. The number of benzene rings is 1. The smallest absolute Gasteiger partial charge is 0.244 e. The van der Waals surface area contributed by atoms with Gasteiger partial charge in [-0.05, 0) is 12.0 Å². The Bertz CT molecular complexity index is 653. The molecular weight excluding hydrogens is 278 g/mol. The van der Waals surface area contributed by atoms with Crippen molar-refractivity contribution >= 4 is 10.0 Å². The largest absolute Gasteiger partial charge is 0.395 e. The molecule has 1 atom stereocenters. The molecule has 0 aliphatic rings. The summed E-state index contributed by atoms with van der Waals surface area (Å²) in [5.41, 5.74) is 0.959. The lowest BCUT2D eigenvalue weighted by Crippen LogP contribution is -2.38. The van der Waals surface area contributed by atoms with E-state index in [1.54, 1.807) is 7.05 Å². The zero-order chi connectivity index (χ0) is 14.6. The van der Waals surface area contributed by atoms with E-state index >= 15 is 0 Å². The molecule has 2 rings (SSSR count). The minimum atomic E-state index is -3.66. The number of nitrogens with zero attached hydrogens (tertiary/aromatic N) is 2. The van der Waals surface area contributed by atoms with Crippen molar-refractivity contribution in [3.63, 3.8) is 0 Å². The molecule has 0 bridgehead atoms. The molecule has 0 aliphatic carbocycles. The average Bonchev–Trinajstić information content (AvgIpc) is 2.86. The van der Waals surface area contributed by atoms with Crippen molar-refractivity contribution in [1.82, 2.24) is 14.5 Å². The molecule has 0 aliphatic heterocycles. The van der Waals surface area contributed by atoms with Gasteiger partial charge in [-0.2, -0.15) is 5.10 Å². The highest BCUT2D eigenvalue weighted by Crippen LogP contribution is 2.09. The van der Waals surface area contributed by atoms with E-state index in [-0.39, 0.29) is 11.5 Å². The van der Waals surface area contributed by atoms with Crippen molar-refractivity contribution in [2.24, 2.45) is 7.05 Å². The Labute approximate surface area is 118 Å². The van der Waals surface area contributed by atoms with Crippen molar-refractivity contribution in [1.29, 1.82) is 0 Å². The Morgan fingerprint density at radius 3 is 2.60 bits per heavy atom. The molecule has 1 heterocycles. The van der Waals surface area contributed by atoms with Crippen molar-refractivity contribution in [3.05, 3.63) is 48.3 Å². The van der Waals surface area contributed by atoms with Crippen LogP contribution in [-0.4, -0.2) is 36.0 Å². The number of sulfonamides is 1. The van der Waals surface area contributed by atoms with E-state index in [1.165, 1.54) is 17.1 Å². The maximum absolute atomic E-state index is 12.1. The van der Waals surface area contributed by atoms with Gasteiger partial charge in [-0.25, -0.2) is 13.1 Å². The standard InChI is InChI=1S/C13H17N3O3S/c1-16-9-13(8-14-16)20(18,19)15-12(10-17)7-11-5-3-2-4-6-11/h2-6,8-9,12,15,17H,7,10H2,1H3/t12-/m0/s1. The molecule has 0 saturated carbocycles. The van der Waals surface area contributed by atoms with Gasteiger partial charge in [0, 0.05) is 19.3 Å². The molecule has 0 saturated heterocycles. The zero-order valence-corrected chi connectivity index (χ0v) is 11.9. The summed E-state index contributed by atoms with van der Waals surface area (Å²) in [7, 11) is -2.02. The van der Waals surface area contributed by atoms with Crippen LogP contribution in [-0.2, 0) is 23.5 Å². The first-order valence-electron chi connectivity index (χ1n) is 6.17. The van der Waals surface area contributed by atoms with E-state index in [2.05, 4.69) is 9.82 Å². The molecule has 0 amide bonds. The van der Waals surface area contributed by atoms with Gasteiger partial charge < -0.3 is 5.11 Å². The summed E-state index contributed by atoms with van der Waals surface area (Å²) in [4.78, 5) is 0.0894. The van der Waals surface area contributed by atoms with Crippen molar-refractivity contribution in [2.45, 2.75) is 17.4 Å². The Morgan fingerprint density at radius 2 is 2.05 bits per heavy atom. The lowest BCUT2D eigenvalue weighted by Gasteiger charge is -2.15. The van der Waals surface area contributed by atoms with Crippen LogP contribution in [0, 0.1) is 0 Å². The van der Waals surface area contributed by atoms with Gasteiger partial charge in [0.25, 0.3) is 0 Å². The highest BCUT2D eigenvalue weighted by atomic mass is 32.2. The van der Waals surface area contributed by atoms with Crippen LogP contribution in [0.25, 0.3) is 0 Å². The van der Waals surface area contributed by atoms with E-state index in [9.17, 15) is 13.5 Å². The summed E-state index contributed by atoms with van der Waals surface area (Å²) >= 11 is 0. The quantitative estimate of drug-likeness (QED) is 0.803. The Balaban J connectivity index is 2.10. The fourth-order valence-corrected chi connectivity index (χ4v) is 3.08. The Kier molecular flexibility index (Phi) is 4.53. The van der Waals surface area contributed by atoms with Crippen LogP contribution in [0.5, 0.6) is 0 Å². The summed E-state index contributed by atoms with van der Waals surface area (Å²) in [6, 6.07) is 8.85. The van der Waals surface area contributed by atoms with Gasteiger partial charge in [0.15, 0.2) is 0 Å². The SMILES string of the molecule is Cn1cc(S(=O)(=O)N[C@H](CO)Cc2ccccc2)cn1. The lowest BCUT2D eigenvalue weighted by molar-refractivity contribution is 0.256. The van der Waals surface area contributed by atoms with Gasteiger partial charge in [0.05, 0.1) is 12.8 Å². The van der Waals surface area contributed by atoms with Crippen molar-refractivity contribution in [3.8, 4) is 0 Å². The zero-order valence-electron chi connectivity index (χ0n) is 11.1. The molecule has 0 fully saturated rings. The average molecular weight is 295 g/mol. The molecule has 0 unspecified atom stereocenters. The number of nitrogens with one attached hydrogen (secondary N) is 1. The predicted molar refractivity (Wildman–Crippen MR) is 74.5 cm³/mol. The molecule has 2 N–H and O–H groups in total. The van der Waals surface area contributed by atoms with E-state index in [0.29, 0.717) is 6.42 Å². The number of aliphatic hydroxyl groups is 1. The highest BCUT2D eigenvalue weighted by molar-refractivity contribution is 7.89. The van der Waals surface area contributed by atoms with Crippen molar-refractivity contribution < 1.29 is 13.5 Å². The summed E-state index contributed by atoms with van der Waals surface area (Å²) in [5, 5.41) is 13.2. The van der Waals surface area contributed by atoms with Crippen LogP contribution >= 0.6 is 0 Å². The topological polar surface area (TPSA) is 84.2 Å². The molecular formula is C13H17N3O3S. The van der Waals surface area contributed by atoms with E-state index in [4.69, 9.17) is 0 Å². The fourth-order valence-electron chi connectivity index (χ4n) is 1.87. The molecule has 108 valence electrons. The van der Waals surface area contributed by atoms with E-state index in [1.807, 2.05) is 30.3 Å². The molecule has 2 aromatic rings. The Morgan fingerprint density at radius 1 is 1.35 bits per heavy atom. The van der Waals surface area contributed by atoms with Crippen LogP contribution in [0.2, 0.25) is 0 Å². The van der Waals surface area contributed by atoms with E-state index < -0.39 is 16.1 Å². The summed E-state index contributed by atoms with van der Waals surface area (Å²) in [6.07, 6.45) is 3.12. The number of aromatic nitrogens is 2. The number of hydrogen-bond acceptors (Lipinski definition) is 4. The van der Waals surface area contributed by atoms with Crippen LogP contribution in [0.3, 0.4) is 0 Å². The van der Waals surface area contributed by atoms with Gasteiger partial charge in [-0.3, -0.25) is 4.68 Å². The Hall–Kier alpha value is -1.70. The molecule has 7 heteroatoms. The maximum atomic E-state index is 12.1. The van der Waals surface area contributed by atoms with Gasteiger partial charge in [0.2, 0.25) is 10.0 Å². The van der Waals surface area contributed by atoms with Crippen LogP contribution in [0.4, 0.5) is 0 Å². The third kappa shape index (κ3) is 3.66. The second kappa shape index (κ2) is 6.17. The minimum absolute atomic E-state index is 0.0894. The fraction of sp³-hybridized carbons (Fsp3) is 0.308. The van der Waals surface area contributed by atoms with Gasteiger partial charge in [-0.1, -0.05) is 30.3 Å². The van der Waals surface area contributed by atoms with Crippen LogP contribution in [0.15, 0.2) is 47.6 Å². The third-order valence-corrected chi connectivity index (χ3v) is 4.33. The highest BCUT2D eigenvalue weighted by Gasteiger charge is 2.21. The minimum Gasteiger partial charge on any atom is -0.395 e. The first-order valence-corrected chi connectivity index (χ1v) is 7.65. The normalized spacial score (nSPS) is 13.3.